The fourth-order valence-electron chi connectivity index (χ4n) is 3.43. The van der Waals surface area contributed by atoms with Crippen LogP contribution >= 0.6 is 0 Å². The molecule has 0 aromatic rings. The summed E-state index contributed by atoms with van der Waals surface area (Å²) in [6, 6.07) is 0. The van der Waals surface area contributed by atoms with E-state index in [1.807, 2.05) is 0 Å². The average Bonchev–Trinajstić information content (AvgIpc) is 2.17. The molecule has 0 amide bonds. The summed E-state index contributed by atoms with van der Waals surface area (Å²) in [6.07, 6.45) is 11.7. The first-order chi connectivity index (χ1) is 5.92. The van der Waals surface area contributed by atoms with Crippen LogP contribution in [0.4, 0.5) is 0 Å². The van der Waals surface area contributed by atoms with E-state index in [1.165, 1.54) is 51.4 Å². The second kappa shape index (κ2) is 3.81. The number of rotatable bonds is 1. The lowest BCUT2D eigenvalue weighted by Gasteiger charge is -2.41. The molecule has 2 fully saturated rings. The third-order valence-electron chi connectivity index (χ3n) is 4.09. The van der Waals surface area contributed by atoms with Crippen LogP contribution in [0.3, 0.4) is 0 Å². The molecule has 3 unspecified atom stereocenters. The summed E-state index contributed by atoms with van der Waals surface area (Å²) < 4.78 is 0. The molecule has 0 aliphatic heterocycles. The first-order valence-electron chi connectivity index (χ1n) is 5.71. The summed E-state index contributed by atoms with van der Waals surface area (Å²) in [7, 11) is 0. The van der Waals surface area contributed by atoms with Crippen molar-refractivity contribution in [2.24, 2.45) is 17.8 Å². The van der Waals surface area contributed by atoms with Crippen molar-refractivity contribution in [1.29, 1.82) is 0 Å². The molecule has 0 spiro atoms. The number of fused-ring (bicyclic) bond motifs is 1. The largest absolute Gasteiger partial charge is 0.0530 e. The fraction of sp³-hybridized carbons (Fsp3) is 0.917. The maximum atomic E-state index is 4.10. The lowest BCUT2D eigenvalue weighted by molar-refractivity contribution is 0.105. The maximum Gasteiger partial charge on any atom is -0.0357 e. The van der Waals surface area contributed by atoms with Crippen molar-refractivity contribution in [3.63, 3.8) is 0 Å². The Bertz CT molecular complexity index is 130. The second-order valence-electron chi connectivity index (χ2n) is 4.69. The Balaban J connectivity index is 1.99. The first kappa shape index (κ1) is 8.59. The van der Waals surface area contributed by atoms with Crippen molar-refractivity contribution >= 4 is 0 Å². The molecule has 2 rings (SSSR count). The zero-order valence-corrected chi connectivity index (χ0v) is 8.10. The predicted molar refractivity (Wildman–Crippen MR) is 52.8 cm³/mol. The molecule has 0 bridgehead atoms. The standard InChI is InChI=1S/C12H21/c1-2-10-7-5-8-11-6-3-4-9-12(10)11/h10-12H,1-9H2. The summed E-state index contributed by atoms with van der Waals surface area (Å²) in [5.74, 6) is 3.16. The highest BCUT2D eigenvalue weighted by molar-refractivity contribution is 4.85. The number of hydrogen-bond donors (Lipinski definition) is 0. The lowest BCUT2D eigenvalue weighted by atomic mass is 9.65. The van der Waals surface area contributed by atoms with Gasteiger partial charge in [-0.05, 0) is 24.2 Å². The normalized spacial score (nSPS) is 42.2. The van der Waals surface area contributed by atoms with E-state index in [0.717, 1.165) is 17.8 Å². The highest BCUT2D eigenvalue weighted by Crippen LogP contribution is 2.44. The van der Waals surface area contributed by atoms with Gasteiger partial charge in [-0.3, -0.25) is 0 Å². The smallest absolute Gasteiger partial charge is 0.0357 e. The van der Waals surface area contributed by atoms with Gasteiger partial charge in [0.1, 0.15) is 0 Å². The van der Waals surface area contributed by atoms with Crippen molar-refractivity contribution in [2.75, 3.05) is 0 Å². The van der Waals surface area contributed by atoms with E-state index < -0.39 is 0 Å². The Labute approximate surface area is 76.7 Å². The Hall–Kier alpha value is 0. The highest BCUT2D eigenvalue weighted by atomic mass is 14.4. The van der Waals surface area contributed by atoms with Crippen LogP contribution in [0.25, 0.3) is 0 Å². The van der Waals surface area contributed by atoms with E-state index in [-0.39, 0.29) is 0 Å². The molecule has 0 heterocycles. The predicted octanol–water partition coefficient (Wildman–Crippen LogP) is 3.82. The molecule has 0 aromatic heterocycles. The van der Waals surface area contributed by atoms with E-state index in [4.69, 9.17) is 0 Å². The highest BCUT2D eigenvalue weighted by Gasteiger charge is 2.33. The van der Waals surface area contributed by atoms with Gasteiger partial charge in [0.15, 0.2) is 0 Å². The third kappa shape index (κ3) is 1.53. The fourth-order valence-corrected chi connectivity index (χ4v) is 3.43. The van der Waals surface area contributed by atoms with Crippen LogP contribution in [-0.4, -0.2) is 0 Å². The maximum absolute atomic E-state index is 4.10. The molecule has 2 aliphatic carbocycles. The second-order valence-corrected chi connectivity index (χ2v) is 4.69. The van der Waals surface area contributed by atoms with Gasteiger partial charge in [-0.25, -0.2) is 0 Å². The molecule has 0 nitrogen and oxygen atoms in total. The quantitative estimate of drug-likeness (QED) is 0.554. The number of hydrogen-bond acceptors (Lipinski definition) is 0. The molecule has 69 valence electrons. The SMILES string of the molecule is [CH2]CC1CCCC2CCCCC12. The van der Waals surface area contributed by atoms with Crippen LogP contribution in [0, 0.1) is 24.7 Å². The zero-order valence-electron chi connectivity index (χ0n) is 8.10. The zero-order chi connectivity index (χ0) is 8.39. The van der Waals surface area contributed by atoms with Gasteiger partial charge in [0.2, 0.25) is 0 Å². The van der Waals surface area contributed by atoms with Crippen LogP contribution in [0.5, 0.6) is 0 Å². The molecule has 0 N–H and O–H groups in total. The van der Waals surface area contributed by atoms with Gasteiger partial charge in [0.05, 0.1) is 0 Å². The summed E-state index contributed by atoms with van der Waals surface area (Å²) in [4.78, 5) is 0. The van der Waals surface area contributed by atoms with Crippen molar-refractivity contribution in [1.82, 2.24) is 0 Å². The molecule has 12 heavy (non-hydrogen) atoms. The Morgan fingerprint density at radius 1 is 0.917 bits per heavy atom. The van der Waals surface area contributed by atoms with Crippen LogP contribution in [0.1, 0.15) is 51.4 Å². The summed E-state index contributed by atoms with van der Waals surface area (Å²) in [6.45, 7) is 4.10. The molecule has 2 saturated carbocycles. The molecular formula is C12H21. The Kier molecular flexibility index (Phi) is 2.73. The Morgan fingerprint density at radius 3 is 2.50 bits per heavy atom. The van der Waals surface area contributed by atoms with Gasteiger partial charge in [-0.15, -0.1) is 0 Å². The average molecular weight is 165 g/mol. The minimum Gasteiger partial charge on any atom is -0.0530 e. The Morgan fingerprint density at radius 2 is 1.67 bits per heavy atom. The third-order valence-corrected chi connectivity index (χ3v) is 4.09. The summed E-state index contributed by atoms with van der Waals surface area (Å²) in [5.41, 5.74) is 0. The van der Waals surface area contributed by atoms with Gasteiger partial charge in [0.25, 0.3) is 0 Å². The van der Waals surface area contributed by atoms with Gasteiger partial charge >= 0.3 is 0 Å². The van der Waals surface area contributed by atoms with E-state index in [0.29, 0.717) is 0 Å². The van der Waals surface area contributed by atoms with E-state index in [1.54, 1.807) is 0 Å². The first-order valence-corrected chi connectivity index (χ1v) is 5.71. The topological polar surface area (TPSA) is 0 Å². The van der Waals surface area contributed by atoms with Crippen molar-refractivity contribution in [3.8, 4) is 0 Å². The van der Waals surface area contributed by atoms with Crippen LogP contribution in [0.2, 0.25) is 0 Å². The van der Waals surface area contributed by atoms with E-state index in [2.05, 4.69) is 6.92 Å². The van der Waals surface area contributed by atoms with Crippen LogP contribution in [0.15, 0.2) is 0 Å². The summed E-state index contributed by atoms with van der Waals surface area (Å²) >= 11 is 0. The van der Waals surface area contributed by atoms with Gasteiger partial charge in [-0.1, -0.05) is 51.9 Å². The van der Waals surface area contributed by atoms with Crippen LogP contribution < -0.4 is 0 Å². The molecule has 0 heteroatoms. The van der Waals surface area contributed by atoms with Gasteiger partial charge in [0, 0.05) is 0 Å². The molecule has 0 aromatic carbocycles. The van der Waals surface area contributed by atoms with E-state index in [9.17, 15) is 0 Å². The molecule has 2 aliphatic rings. The van der Waals surface area contributed by atoms with Gasteiger partial charge < -0.3 is 0 Å². The molecule has 1 radical (unpaired) electrons. The van der Waals surface area contributed by atoms with E-state index >= 15 is 0 Å². The van der Waals surface area contributed by atoms with Gasteiger partial charge in [-0.2, -0.15) is 0 Å². The van der Waals surface area contributed by atoms with Crippen molar-refractivity contribution in [2.45, 2.75) is 51.4 Å². The molecular weight excluding hydrogens is 144 g/mol. The van der Waals surface area contributed by atoms with Crippen molar-refractivity contribution < 1.29 is 0 Å². The summed E-state index contributed by atoms with van der Waals surface area (Å²) in [5, 5.41) is 0. The molecule has 3 atom stereocenters. The monoisotopic (exact) mass is 165 g/mol. The van der Waals surface area contributed by atoms with Crippen molar-refractivity contribution in [3.05, 3.63) is 6.92 Å². The minimum atomic E-state index is 0.990. The molecule has 0 saturated heterocycles. The minimum absolute atomic E-state index is 0.990. The lowest BCUT2D eigenvalue weighted by Crippen LogP contribution is -2.30. The van der Waals surface area contributed by atoms with Crippen LogP contribution in [-0.2, 0) is 0 Å².